The van der Waals surface area contributed by atoms with Crippen molar-refractivity contribution in [3.05, 3.63) is 241 Å². The Morgan fingerprint density at radius 2 is 0.588 bits per heavy atom. The van der Waals surface area contributed by atoms with Crippen molar-refractivity contribution in [2.45, 2.75) is 38.5 Å². The van der Waals surface area contributed by atoms with E-state index in [0.717, 1.165) is 11.4 Å². The van der Waals surface area contributed by atoms with E-state index in [2.05, 4.69) is 255 Å². The molecule has 12 aromatic rings. The second-order valence-corrected chi connectivity index (χ2v) is 20.1. The van der Waals surface area contributed by atoms with E-state index in [1.54, 1.807) is 0 Å². The molecule has 14 rings (SSSR count). The highest BCUT2D eigenvalue weighted by molar-refractivity contribution is 6.14. The summed E-state index contributed by atoms with van der Waals surface area (Å²) in [6.07, 6.45) is 0. The van der Waals surface area contributed by atoms with Gasteiger partial charge in [-0.15, -0.1) is 0 Å². The van der Waals surface area contributed by atoms with Gasteiger partial charge in [0.25, 0.3) is 0 Å². The fourth-order valence-electron chi connectivity index (χ4n) is 12.2. The minimum Gasteiger partial charge on any atom is -0.309 e. The third-order valence-electron chi connectivity index (χ3n) is 15.7. The normalized spacial score (nSPS) is 14.1. The first-order valence-corrected chi connectivity index (χ1v) is 24.0. The summed E-state index contributed by atoms with van der Waals surface area (Å²) >= 11 is 0. The van der Waals surface area contributed by atoms with Gasteiger partial charge in [-0.3, -0.25) is 0 Å². The lowest BCUT2D eigenvalue weighted by Gasteiger charge is -2.21. The van der Waals surface area contributed by atoms with Crippen LogP contribution in [0.3, 0.4) is 0 Å². The predicted octanol–water partition coefficient (Wildman–Crippen LogP) is 17.5. The summed E-state index contributed by atoms with van der Waals surface area (Å²) in [5.41, 5.74) is 25.1. The van der Waals surface area contributed by atoms with Gasteiger partial charge in [-0.2, -0.15) is 0 Å². The molecule has 68 heavy (non-hydrogen) atoms. The first-order chi connectivity index (χ1) is 33.2. The molecule has 0 unspecified atom stereocenters. The third kappa shape index (κ3) is 5.52. The average Bonchev–Trinajstić information content (AvgIpc) is 4.03. The quantitative estimate of drug-likeness (QED) is 0.163. The van der Waals surface area contributed by atoms with Crippen LogP contribution in [0.15, 0.2) is 218 Å². The minimum atomic E-state index is -0.112. The van der Waals surface area contributed by atoms with E-state index in [1.165, 1.54) is 122 Å². The van der Waals surface area contributed by atoms with Gasteiger partial charge in [-0.1, -0.05) is 185 Å². The van der Waals surface area contributed by atoms with Crippen LogP contribution in [-0.4, -0.2) is 9.13 Å². The average molecular weight is 869 g/mol. The van der Waals surface area contributed by atoms with E-state index >= 15 is 0 Å². The smallest absolute Gasteiger partial charge is 0.0547 e. The lowest BCUT2D eigenvalue weighted by molar-refractivity contribution is 0.661. The highest BCUT2D eigenvalue weighted by Crippen LogP contribution is 2.53. The van der Waals surface area contributed by atoms with Crippen molar-refractivity contribution in [1.82, 2.24) is 9.13 Å². The van der Waals surface area contributed by atoms with Gasteiger partial charge >= 0.3 is 0 Å². The first kappa shape index (κ1) is 39.0. The van der Waals surface area contributed by atoms with Crippen molar-refractivity contribution in [2.24, 2.45) is 0 Å². The second-order valence-electron chi connectivity index (χ2n) is 20.1. The molecule has 2 aliphatic carbocycles. The Labute approximate surface area is 397 Å². The zero-order valence-electron chi connectivity index (χ0n) is 38.7. The largest absolute Gasteiger partial charge is 0.309 e. The molecule has 0 N–H and O–H groups in total. The molecule has 2 aliphatic rings. The van der Waals surface area contributed by atoms with E-state index < -0.39 is 0 Å². The Kier molecular flexibility index (Phi) is 8.12. The summed E-state index contributed by atoms with van der Waals surface area (Å²) in [5.74, 6) is 0. The number of nitrogens with zero attached hydrogens (tertiary/aromatic N) is 2. The summed E-state index contributed by atoms with van der Waals surface area (Å²) in [6.45, 7) is 9.51. The maximum Gasteiger partial charge on any atom is 0.0547 e. The molecular weight excluding hydrogens is 821 g/mol. The van der Waals surface area contributed by atoms with Crippen molar-refractivity contribution < 1.29 is 0 Å². The summed E-state index contributed by atoms with van der Waals surface area (Å²) in [7, 11) is 0. The molecule has 2 aromatic heterocycles. The van der Waals surface area contributed by atoms with Gasteiger partial charge in [0.2, 0.25) is 0 Å². The number of aromatic nitrogens is 2. The van der Waals surface area contributed by atoms with Crippen LogP contribution in [0.1, 0.15) is 49.9 Å². The molecule has 0 saturated heterocycles. The fraction of sp³-hybridized carbons (Fsp3) is 0.0909. The molecule has 0 aliphatic heterocycles. The molecule has 322 valence electrons. The molecule has 0 spiro atoms. The van der Waals surface area contributed by atoms with Crippen LogP contribution < -0.4 is 0 Å². The minimum absolute atomic E-state index is 0.112. The monoisotopic (exact) mass is 868 g/mol. The summed E-state index contributed by atoms with van der Waals surface area (Å²) in [6, 6.07) is 81.8. The van der Waals surface area contributed by atoms with Crippen LogP contribution in [0, 0.1) is 0 Å². The lowest BCUT2D eigenvalue weighted by Crippen LogP contribution is -2.14. The molecule has 2 heterocycles. The van der Waals surface area contributed by atoms with Crippen LogP contribution in [0.5, 0.6) is 0 Å². The van der Waals surface area contributed by atoms with Crippen molar-refractivity contribution in [2.75, 3.05) is 0 Å². The topological polar surface area (TPSA) is 9.86 Å². The van der Waals surface area contributed by atoms with Crippen LogP contribution in [0.4, 0.5) is 0 Å². The van der Waals surface area contributed by atoms with Gasteiger partial charge in [-0.05, 0) is 139 Å². The van der Waals surface area contributed by atoms with Crippen LogP contribution in [-0.2, 0) is 10.8 Å². The van der Waals surface area contributed by atoms with Crippen molar-refractivity contribution in [1.29, 1.82) is 0 Å². The third-order valence-corrected chi connectivity index (χ3v) is 15.7. The Bertz CT molecular complexity index is 3760. The molecule has 2 heteroatoms. The van der Waals surface area contributed by atoms with E-state index in [4.69, 9.17) is 0 Å². The van der Waals surface area contributed by atoms with E-state index in [-0.39, 0.29) is 10.8 Å². The molecule has 0 amide bonds. The highest BCUT2D eigenvalue weighted by atomic mass is 15.0. The molecule has 0 atom stereocenters. The molecule has 10 aromatic carbocycles. The summed E-state index contributed by atoms with van der Waals surface area (Å²) in [5, 5.41) is 5.06. The van der Waals surface area contributed by atoms with Gasteiger partial charge < -0.3 is 9.13 Å². The predicted molar refractivity (Wildman–Crippen MR) is 287 cm³/mol. The summed E-state index contributed by atoms with van der Waals surface area (Å²) in [4.78, 5) is 0. The molecule has 0 bridgehead atoms. The van der Waals surface area contributed by atoms with Crippen LogP contribution >= 0.6 is 0 Å². The Morgan fingerprint density at radius 1 is 0.250 bits per heavy atom. The summed E-state index contributed by atoms with van der Waals surface area (Å²) < 4.78 is 5.01. The van der Waals surface area contributed by atoms with E-state index in [9.17, 15) is 0 Å². The fourth-order valence-corrected chi connectivity index (χ4v) is 12.2. The number of benzene rings is 10. The molecular formula is C66H48N2. The maximum absolute atomic E-state index is 2.51. The molecule has 0 saturated carbocycles. The number of rotatable bonds is 5. The van der Waals surface area contributed by atoms with Crippen molar-refractivity contribution in [3.63, 3.8) is 0 Å². The Morgan fingerprint density at radius 3 is 1.00 bits per heavy atom. The van der Waals surface area contributed by atoms with Gasteiger partial charge in [-0.25, -0.2) is 0 Å². The Balaban J connectivity index is 0.989. The van der Waals surface area contributed by atoms with Gasteiger partial charge in [0, 0.05) is 43.7 Å². The van der Waals surface area contributed by atoms with Gasteiger partial charge in [0.05, 0.1) is 22.1 Å². The number of hydrogen-bond acceptors (Lipinski definition) is 0. The highest BCUT2D eigenvalue weighted by Gasteiger charge is 2.37. The Hall–Kier alpha value is -8.20. The van der Waals surface area contributed by atoms with Crippen molar-refractivity contribution in [3.8, 4) is 67.0 Å². The zero-order chi connectivity index (χ0) is 45.5. The number of hydrogen-bond donors (Lipinski definition) is 0. The van der Waals surface area contributed by atoms with E-state index in [0.29, 0.717) is 0 Å². The van der Waals surface area contributed by atoms with Crippen LogP contribution in [0.25, 0.3) is 111 Å². The molecule has 2 nitrogen and oxygen atoms in total. The van der Waals surface area contributed by atoms with E-state index in [1.807, 2.05) is 0 Å². The van der Waals surface area contributed by atoms with Crippen molar-refractivity contribution >= 4 is 43.6 Å². The lowest BCUT2D eigenvalue weighted by atomic mass is 9.82. The maximum atomic E-state index is 2.51. The SMILES string of the molecule is CC1(C)c2ccccc2-c2cc3c4ccc(-c5ccc6c7cc8c(cc7n(-c7ccc(-c9ccccc9)cc7)c6c5)C(C)(C)c5ccccc5-8)cc4n(-c4ccc(-c5ccccc5)cc4)c3cc21. The molecule has 0 radical (unpaired) electrons. The second kappa shape index (κ2) is 14.2. The molecule has 0 fully saturated rings. The zero-order valence-corrected chi connectivity index (χ0v) is 38.7. The standard InChI is InChI=1S/C66H48N2/c1-65(2)57-21-13-11-19-49(57)53-37-55-51-33-27-45(35-61(51)67(63(55)39-59(53)65)47-29-23-43(24-30-47)41-15-7-5-8-16-41)46-28-34-52-56-38-54-50-20-12-14-22-58(50)66(3,4)60(54)40-64(56)68(62(52)36-46)48-31-25-44(26-32-48)42-17-9-6-10-18-42/h5-40H,1-4H3. The van der Waals surface area contributed by atoms with Crippen LogP contribution in [0.2, 0.25) is 0 Å². The van der Waals surface area contributed by atoms with Gasteiger partial charge in [0.1, 0.15) is 0 Å². The first-order valence-electron chi connectivity index (χ1n) is 24.0. The number of fused-ring (bicyclic) bond motifs is 12. The van der Waals surface area contributed by atoms with Gasteiger partial charge in [0.15, 0.2) is 0 Å².